The monoisotopic (exact) mass is 261 g/mol. The van der Waals surface area contributed by atoms with Crippen molar-refractivity contribution in [1.29, 1.82) is 0 Å². The molecule has 2 unspecified atom stereocenters. The maximum Gasteiger partial charge on any atom is 0.315 e. The number of anilines is 1. The second kappa shape index (κ2) is 5.77. The number of aromatic nitrogens is 2. The minimum Gasteiger partial charge on any atom is -0.407 e. The van der Waals surface area contributed by atoms with Crippen LogP contribution in [0.3, 0.4) is 0 Å². The van der Waals surface area contributed by atoms with E-state index >= 15 is 0 Å². The van der Waals surface area contributed by atoms with Crippen LogP contribution in [-0.2, 0) is 5.88 Å². The highest BCUT2D eigenvalue weighted by Gasteiger charge is 2.25. The minimum absolute atomic E-state index is 0.271. The molecule has 1 aliphatic rings. The summed E-state index contributed by atoms with van der Waals surface area (Å²) in [6, 6.07) is 0.968. The highest BCUT2D eigenvalue weighted by atomic mass is 35.5. The molecule has 1 aromatic rings. The third kappa shape index (κ3) is 3.04. The van der Waals surface area contributed by atoms with E-state index in [1.54, 1.807) is 0 Å². The summed E-state index contributed by atoms with van der Waals surface area (Å²) in [5, 5.41) is 11.8. The number of alkyl halides is 1. The van der Waals surface area contributed by atoms with E-state index < -0.39 is 0 Å². The van der Waals surface area contributed by atoms with E-state index in [9.17, 15) is 0 Å². The molecule has 0 aliphatic heterocycles. The second-order valence-corrected chi connectivity index (χ2v) is 5.71. The summed E-state index contributed by atoms with van der Waals surface area (Å²) in [5.41, 5.74) is 0. The van der Waals surface area contributed by atoms with Gasteiger partial charge in [-0.1, -0.05) is 12.0 Å². The zero-order chi connectivity index (χ0) is 11.4. The van der Waals surface area contributed by atoms with Crippen LogP contribution in [0.2, 0.25) is 0 Å². The standard InChI is InChI=1S/C10H16ClN3OS/c1-2-16-8-4-3-7(5-8)12-10-14-13-9(6-11)15-10/h7-8H,2-6H2,1H3,(H,12,14). The first-order chi connectivity index (χ1) is 7.81. The van der Waals surface area contributed by atoms with Crippen LogP contribution in [-0.4, -0.2) is 27.2 Å². The fourth-order valence-electron chi connectivity index (χ4n) is 2.00. The number of hydrogen-bond acceptors (Lipinski definition) is 5. The van der Waals surface area contributed by atoms with Crippen molar-refractivity contribution < 1.29 is 4.42 Å². The molecule has 16 heavy (non-hydrogen) atoms. The summed E-state index contributed by atoms with van der Waals surface area (Å²) in [4.78, 5) is 0. The van der Waals surface area contributed by atoms with E-state index in [1.807, 2.05) is 11.8 Å². The quantitative estimate of drug-likeness (QED) is 0.826. The molecular formula is C10H16ClN3OS. The Morgan fingerprint density at radius 3 is 3.06 bits per heavy atom. The molecule has 0 aromatic carbocycles. The van der Waals surface area contributed by atoms with Gasteiger partial charge in [-0.15, -0.1) is 16.7 Å². The Bertz CT molecular complexity index is 334. The van der Waals surface area contributed by atoms with E-state index in [-0.39, 0.29) is 5.88 Å². The lowest BCUT2D eigenvalue weighted by Crippen LogP contribution is -2.16. The summed E-state index contributed by atoms with van der Waals surface area (Å²) in [6.45, 7) is 2.20. The first-order valence-corrected chi connectivity index (χ1v) is 7.16. The lowest BCUT2D eigenvalue weighted by Gasteiger charge is -2.10. The average molecular weight is 262 g/mol. The molecule has 1 aliphatic carbocycles. The predicted molar refractivity (Wildman–Crippen MR) is 67.0 cm³/mol. The molecule has 0 saturated heterocycles. The maximum atomic E-state index is 5.59. The van der Waals surface area contributed by atoms with Gasteiger partial charge in [0.15, 0.2) is 0 Å². The van der Waals surface area contributed by atoms with Crippen LogP contribution >= 0.6 is 23.4 Å². The summed E-state index contributed by atoms with van der Waals surface area (Å²) in [7, 11) is 0. The van der Waals surface area contributed by atoms with Crippen molar-refractivity contribution in [3.63, 3.8) is 0 Å². The molecule has 2 rings (SSSR count). The van der Waals surface area contributed by atoms with Gasteiger partial charge in [0.05, 0.1) is 0 Å². The topological polar surface area (TPSA) is 51.0 Å². The summed E-state index contributed by atoms with van der Waals surface area (Å²) in [5.74, 6) is 1.93. The van der Waals surface area contributed by atoms with Crippen molar-refractivity contribution >= 4 is 29.4 Å². The van der Waals surface area contributed by atoms with E-state index in [0.29, 0.717) is 17.9 Å². The fraction of sp³-hybridized carbons (Fsp3) is 0.800. The molecule has 1 N–H and O–H groups in total. The Labute approximate surface area is 105 Å². The Hall–Kier alpha value is -0.420. The van der Waals surface area contributed by atoms with E-state index in [4.69, 9.17) is 16.0 Å². The number of hydrogen-bond donors (Lipinski definition) is 1. The van der Waals surface area contributed by atoms with Crippen LogP contribution in [0, 0.1) is 0 Å². The van der Waals surface area contributed by atoms with E-state index in [1.165, 1.54) is 25.0 Å². The van der Waals surface area contributed by atoms with Crippen LogP contribution in [0.1, 0.15) is 32.1 Å². The molecular weight excluding hydrogens is 246 g/mol. The Morgan fingerprint density at radius 2 is 2.38 bits per heavy atom. The van der Waals surface area contributed by atoms with Gasteiger partial charge in [-0.05, 0) is 25.0 Å². The molecule has 2 atom stereocenters. The first kappa shape index (κ1) is 12.0. The zero-order valence-electron chi connectivity index (χ0n) is 9.28. The highest BCUT2D eigenvalue weighted by molar-refractivity contribution is 7.99. The van der Waals surface area contributed by atoms with Gasteiger partial charge in [0.25, 0.3) is 0 Å². The Kier molecular flexibility index (Phi) is 4.35. The normalized spacial score (nSPS) is 24.9. The molecule has 1 fully saturated rings. The molecule has 0 radical (unpaired) electrons. The van der Waals surface area contributed by atoms with Gasteiger partial charge >= 0.3 is 6.01 Å². The van der Waals surface area contributed by atoms with Crippen molar-refractivity contribution in [1.82, 2.24) is 10.2 Å². The van der Waals surface area contributed by atoms with E-state index in [0.717, 1.165) is 5.25 Å². The predicted octanol–water partition coefficient (Wildman–Crippen LogP) is 2.89. The summed E-state index contributed by atoms with van der Waals surface area (Å²) in [6.07, 6.45) is 3.63. The molecule has 0 amide bonds. The third-order valence-corrected chi connectivity index (χ3v) is 4.16. The van der Waals surface area contributed by atoms with Crippen LogP contribution in [0.5, 0.6) is 0 Å². The smallest absolute Gasteiger partial charge is 0.315 e. The number of rotatable bonds is 5. The van der Waals surface area contributed by atoms with Crippen molar-refractivity contribution in [2.75, 3.05) is 11.1 Å². The van der Waals surface area contributed by atoms with Crippen molar-refractivity contribution in [3.05, 3.63) is 5.89 Å². The number of halogens is 1. The Balaban J connectivity index is 1.82. The Morgan fingerprint density at radius 1 is 1.50 bits per heavy atom. The van der Waals surface area contributed by atoms with Crippen LogP contribution < -0.4 is 5.32 Å². The molecule has 1 saturated carbocycles. The fourth-order valence-corrected chi connectivity index (χ4v) is 3.25. The zero-order valence-corrected chi connectivity index (χ0v) is 10.9. The highest BCUT2D eigenvalue weighted by Crippen LogP contribution is 2.31. The molecule has 4 nitrogen and oxygen atoms in total. The van der Waals surface area contributed by atoms with E-state index in [2.05, 4.69) is 22.4 Å². The summed E-state index contributed by atoms with van der Waals surface area (Å²) < 4.78 is 5.32. The SMILES string of the molecule is CCSC1CCC(Nc2nnc(CCl)o2)C1. The molecule has 90 valence electrons. The van der Waals surface area contributed by atoms with Gasteiger partial charge in [0.1, 0.15) is 5.88 Å². The molecule has 1 heterocycles. The lowest BCUT2D eigenvalue weighted by molar-refractivity contribution is 0.517. The van der Waals surface area contributed by atoms with Gasteiger partial charge in [-0.3, -0.25) is 0 Å². The third-order valence-electron chi connectivity index (χ3n) is 2.70. The van der Waals surface area contributed by atoms with Gasteiger partial charge < -0.3 is 9.73 Å². The maximum absolute atomic E-state index is 5.59. The molecule has 1 aromatic heterocycles. The molecule has 0 bridgehead atoms. The largest absolute Gasteiger partial charge is 0.407 e. The van der Waals surface area contributed by atoms with Gasteiger partial charge in [-0.25, -0.2) is 0 Å². The summed E-state index contributed by atoms with van der Waals surface area (Å²) >= 11 is 7.63. The molecule has 0 spiro atoms. The van der Waals surface area contributed by atoms with Crippen molar-refractivity contribution in [2.24, 2.45) is 0 Å². The first-order valence-electron chi connectivity index (χ1n) is 5.58. The lowest BCUT2D eigenvalue weighted by atomic mass is 10.3. The minimum atomic E-state index is 0.271. The number of thioether (sulfide) groups is 1. The van der Waals surface area contributed by atoms with Crippen LogP contribution in [0.4, 0.5) is 6.01 Å². The number of nitrogens with one attached hydrogen (secondary N) is 1. The molecule has 6 heteroatoms. The van der Waals surface area contributed by atoms with Crippen molar-refractivity contribution in [2.45, 2.75) is 43.4 Å². The van der Waals surface area contributed by atoms with Gasteiger partial charge in [-0.2, -0.15) is 11.8 Å². The number of nitrogens with zero attached hydrogens (tertiary/aromatic N) is 2. The van der Waals surface area contributed by atoms with Gasteiger partial charge in [0, 0.05) is 11.3 Å². The van der Waals surface area contributed by atoms with Crippen LogP contribution in [0.15, 0.2) is 4.42 Å². The van der Waals surface area contributed by atoms with Crippen LogP contribution in [0.25, 0.3) is 0 Å². The van der Waals surface area contributed by atoms with Crippen molar-refractivity contribution in [3.8, 4) is 0 Å². The second-order valence-electron chi connectivity index (χ2n) is 3.87. The van der Waals surface area contributed by atoms with Gasteiger partial charge in [0.2, 0.25) is 5.89 Å². The average Bonchev–Trinajstić information content (AvgIpc) is 2.89.